The summed E-state index contributed by atoms with van der Waals surface area (Å²) in [5, 5.41) is 3.29. The van der Waals surface area contributed by atoms with Crippen molar-refractivity contribution in [3.05, 3.63) is 35.4 Å². The minimum Gasteiger partial charge on any atom is -0.469 e. The predicted octanol–water partition coefficient (Wildman–Crippen LogP) is 2.21. The molecule has 0 radical (unpaired) electrons. The first-order valence-corrected chi connectivity index (χ1v) is 5.54. The van der Waals surface area contributed by atoms with Crippen LogP contribution in [-0.2, 0) is 9.53 Å². The lowest BCUT2D eigenvalue weighted by molar-refractivity contribution is -0.141. The maximum atomic E-state index is 11.3. The molecule has 16 heavy (non-hydrogen) atoms. The van der Waals surface area contributed by atoms with Gasteiger partial charge in [0.2, 0.25) is 0 Å². The van der Waals surface area contributed by atoms with Crippen LogP contribution < -0.4 is 5.32 Å². The van der Waals surface area contributed by atoms with Crippen molar-refractivity contribution in [3.8, 4) is 0 Å². The van der Waals surface area contributed by atoms with Crippen LogP contribution in [0, 0.1) is 6.92 Å². The fourth-order valence-electron chi connectivity index (χ4n) is 1.69. The molecule has 0 aliphatic rings. The number of benzene rings is 1. The van der Waals surface area contributed by atoms with Gasteiger partial charge in [0.1, 0.15) is 0 Å². The molecule has 3 nitrogen and oxygen atoms in total. The second-order valence-corrected chi connectivity index (χ2v) is 3.80. The summed E-state index contributed by atoms with van der Waals surface area (Å²) in [5.74, 6) is -0.188. The molecule has 0 heterocycles. The third kappa shape index (κ3) is 3.66. The number of hydrogen-bond donors (Lipinski definition) is 1. The number of carbonyl (C=O) groups is 1. The van der Waals surface area contributed by atoms with E-state index in [1.165, 1.54) is 12.7 Å². The van der Waals surface area contributed by atoms with Gasteiger partial charge in [0.05, 0.1) is 13.5 Å². The zero-order valence-electron chi connectivity index (χ0n) is 10.1. The van der Waals surface area contributed by atoms with Crippen LogP contribution in [-0.4, -0.2) is 19.6 Å². The summed E-state index contributed by atoms with van der Waals surface area (Å²) in [6, 6.07) is 8.22. The number of hydrogen-bond acceptors (Lipinski definition) is 3. The highest BCUT2D eigenvalue weighted by Gasteiger charge is 2.15. The molecule has 0 saturated heterocycles. The first-order chi connectivity index (χ1) is 7.67. The van der Waals surface area contributed by atoms with Crippen molar-refractivity contribution < 1.29 is 9.53 Å². The van der Waals surface area contributed by atoms with Gasteiger partial charge in [-0.2, -0.15) is 0 Å². The molecule has 1 N–H and O–H groups in total. The molecule has 1 rings (SSSR count). The van der Waals surface area contributed by atoms with Gasteiger partial charge in [-0.1, -0.05) is 36.8 Å². The van der Waals surface area contributed by atoms with Gasteiger partial charge in [0.25, 0.3) is 0 Å². The van der Waals surface area contributed by atoms with Crippen LogP contribution in [0.1, 0.15) is 30.5 Å². The highest BCUT2D eigenvalue weighted by atomic mass is 16.5. The monoisotopic (exact) mass is 221 g/mol. The summed E-state index contributed by atoms with van der Waals surface area (Å²) in [4.78, 5) is 11.3. The standard InChI is InChI=1S/C13H19NO2/c1-4-14-12(9-13(15)16-3)11-7-5-6-10(2)8-11/h5-8,12,14H,4,9H2,1-3H3. The van der Waals surface area contributed by atoms with Gasteiger partial charge in [-0.05, 0) is 19.0 Å². The SMILES string of the molecule is CCNC(CC(=O)OC)c1cccc(C)c1. The Hall–Kier alpha value is -1.35. The van der Waals surface area contributed by atoms with Crippen molar-refractivity contribution in [2.75, 3.05) is 13.7 Å². The van der Waals surface area contributed by atoms with E-state index < -0.39 is 0 Å². The lowest BCUT2D eigenvalue weighted by Gasteiger charge is -2.17. The summed E-state index contributed by atoms with van der Waals surface area (Å²) in [7, 11) is 1.42. The molecular weight excluding hydrogens is 202 g/mol. The van der Waals surface area contributed by atoms with Gasteiger partial charge < -0.3 is 10.1 Å². The molecule has 1 unspecified atom stereocenters. The molecule has 0 saturated carbocycles. The molecule has 0 aromatic heterocycles. The third-order valence-corrected chi connectivity index (χ3v) is 2.49. The Morgan fingerprint density at radius 2 is 2.25 bits per heavy atom. The number of esters is 1. The average molecular weight is 221 g/mol. The minimum atomic E-state index is -0.188. The summed E-state index contributed by atoms with van der Waals surface area (Å²) in [6.45, 7) is 4.90. The molecule has 1 aromatic rings. The van der Waals surface area contributed by atoms with E-state index in [4.69, 9.17) is 4.74 Å². The number of nitrogens with one attached hydrogen (secondary N) is 1. The van der Waals surface area contributed by atoms with E-state index in [1.54, 1.807) is 0 Å². The fraction of sp³-hybridized carbons (Fsp3) is 0.462. The van der Waals surface area contributed by atoms with Crippen LogP contribution in [0.3, 0.4) is 0 Å². The highest BCUT2D eigenvalue weighted by Crippen LogP contribution is 2.18. The Balaban J connectivity index is 2.80. The van der Waals surface area contributed by atoms with Crippen LogP contribution in [0.25, 0.3) is 0 Å². The predicted molar refractivity (Wildman–Crippen MR) is 64.2 cm³/mol. The molecule has 0 amide bonds. The van der Waals surface area contributed by atoms with Gasteiger partial charge >= 0.3 is 5.97 Å². The first-order valence-electron chi connectivity index (χ1n) is 5.54. The number of rotatable bonds is 5. The topological polar surface area (TPSA) is 38.3 Å². The normalized spacial score (nSPS) is 12.2. The molecule has 0 fully saturated rings. The van der Waals surface area contributed by atoms with E-state index in [0.717, 1.165) is 12.1 Å². The zero-order valence-corrected chi connectivity index (χ0v) is 10.1. The third-order valence-electron chi connectivity index (χ3n) is 2.49. The summed E-state index contributed by atoms with van der Waals surface area (Å²) >= 11 is 0. The maximum Gasteiger partial charge on any atom is 0.307 e. The van der Waals surface area contributed by atoms with Crippen LogP contribution in [0.2, 0.25) is 0 Å². The molecule has 3 heteroatoms. The van der Waals surface area contributed by atoms with E-state index in [0.29, 0.717) is 6.42 Å². The van der Waals surface area contributed by atoms with Crippen LogP contribution in [0.15, 0.2) is 24.3 Å². The molecular formula is C13H19NO2. The summed E-state index contributed by atoms with van der Waals surface area (Å²) < 4.78 is 4.70. The molecule has 0 bridgehead atoms. The second kappa shape index (κ2) is 6.28. The van der Waals surface area contributed by atoms with Gasteiger partial charge in [-0.25, -0.2) is 0 Å². The van der Waals surface area contributed by atoms with E-state index in [-0.39, 0.29) is 12.0 Å². The Morgan fingerprint density at radius 3 is 2.81 bits per heavy atom. The molecule has 1 atom stereocenters. The van der Waals surface area contributed by atoms with Crippen molar-refractivity contribution in [1.82, 2.24) is 5.32 Å². The summed E-state index contributed by atoms with van der Waals surface area (Å²) in [5.41, 5.74) is 2.33. The van der Waals surface area contributed by atoms with Crippen molar-refractivity contribution in [2.45, 2.75) is 26.3 Å². The number of carbonyl (C=O) groups excluding carboxylic acids is 1. The van der Waals surface area contributed by atoms with Crippen molar-refractivity contribution >= 4 is 5.97 Å². The zero-order chi connectivity index (χ0) is 12.0. The van der Waals surface area contributed by atoms with E-state index in [2.05, 4.69) is 11.4 Å². The van der Waals surface area contributed by atoms with Crippen LogP contribution >= 0.6 is 0 Å². The molecule has 1 aromatic carbocycles. The Morgan fingerprint density at radius 1 is 1.50 bits per heavy atom. The Bertz CT molecular complexity index is 350. The highest BCUT2D eigenvalue weighted by molar-refractivity contribution is 5.70. The van der Waals surface area contributed by atoms with Crippen LogP contribution in [0.4, 0.5) is 0 Å². The molecule has 0 aliphatic heterocycles. The Labute approximate surface area is 96.8 Å². The smallest absolute Gasteiger partial charge is 0.307 e. The van der Waals surface area contributed by atoms with Gasteiger partial charge in [0, 0.05) is 6.04 Å². The lowest BCUT2D eigenvalue weighted by Crippen LogP contribution is -2.24. The van der Waals surface area contributed by atoms with E-state index in [9.17, 15) is 4.79 Å². The molecule has 0 spiro atoms. The van der Waals surface area contributed by atoms with Crippen molar-refractivity contribution in [2.24, 2.45) is 0 Å². The van der Waals surface area contributed by atoms with Gasteiger partial charge in [-0.15, -0.1) is 0 Å². The maximum absolute atomic E-state index is 11.3. The largest absolute Gasteiger partial charge is 0.469 e. The van der Waals surface area contributed by atoms with E-state index >= 15 is 0 Å². The molecule has 88 valence electrons. The number of ether oxygens (including phenoxy) is 1. The number of methoxy groups -OCH3 is 1. The molecule has 0 aliphatic carbocycles. The van der Waals surface area contributed by atoms with Gasteiger partial charge in [-0.3, -0.25) is 4.79 Å². The van der Waals surface area contributed by atoms with Gasteiger partial charge in [0.15, 0.2) is 0 Å². The van der Waals surface area contributed by atoms with Crippen LogP contribution in [0.5, 0.6) is 0 Å². The number of aryl methyl sites for hydroxylation is 1. The average Bonchev–Trinajstić information content (AvgIpc) is 2.28. The Kier molecular flexibility index (Phi) is 4.99. The van der Waals surface area contributed by atoms with Crippen molar-refractivity contribution in [3.63, 3.8) is 0 Å². The van der Waals surface area contributed by atoms with E-state index in [1.807, 2.05) is 32.0 Å². The summed E-state index contributed by atoms with van der Waals surface area (Å²) in [6.07, 6.45) is 0.369. The van der Waals surface area contributed by atoms with Crippen molar-refractivity contribution in [1.29, 1.82) is 0 Å². The fourth-order valence-corrected chi connectivity index (χ4v) is 1.69. The lowest BCUT2D eigenvalue weighted by atomic mass is 10.0. The first kappa shape index (κ1) is 12.7. The minimum absolute atomic E-state index is 0.0392. The quantitative estimate of drug-likeness (QED) is 0.775. The second-order valence-electron chi connectivity index (χ2n) is 3.80.